The van der Waals surface area contributed by atoms with E-state index >= 15 is 0 Å². The highest BCUT2D eigenvalue weighted by Gasteiger charge is 2.09. The van der Waals surface area contributed by atoms with Crippen molar-refractivity contribution in [2.75, 3.05) is 11.1 Å². The number of nitrogen functional groups attached to an aromatic ring is 1. The maximum atomic E-state index is 9.06. The van der Waals surface area contributed by atoms with E-state index in [1.54, 1.807) is 24.3 Å². The van der Waals surface area contributed by atoms with Crippen LogP contribution in [0.15, 0.2) is 30.3 Å². The number of nitrogens with zero attached hydrogens (tertiary/aromatic N) is 1. The molecule has 0 aromatic heterocycles. The number of nitriles is 1. The summed E-state index contributed by atoms with van der Waals surface area (Å²) in [5, 5.41) is 13.3. The van der Waals surface area contributed by atoms with E-state index < -0.39 is 0 Å². The highest BCUT2D eigenvalue weighted by molar-refractivity contribution is 6.44. The van der Waals surface area contributed by atoms with Crippen molar-refractivity contribution in [3.63, 3.8) is 0 Å². The summed E-state index contributed by atoms with van der Waals surface area (Å²) >= 11 is 17.9. The molecule has 0 radical (unpaired) electrons. The molecule has 3 nitrogen and oxygen atoms in total. The molecule has 0 bridgehead atoms. The molecule has 0 amide bonds. The van der Waals surface area contributed by atoms with E-state index in [1.165, 1.54) is 6.07 Å². The summed E-state index contributed by atoms with van der Waals surface area (Å²) in [5.41, 5.74) is 7.72. The minimum atomic E-state index is 0.370. The van der Waals surface area contributed by atoms with Gasteiger partial charge in [0.25, 0.3) is 0 Å². The maximum Gasteiger partial charge on any atom is 0.101 e. The Bertz CT molecular complexity index is 678. The van der Waals surface area contributed by atoms with Gasteiger partial charge in [0.15, 0.2) is 0 Å². The number of benzene rings is 2. The minimum absolute atomic E-state index is 0.370. The summed E-state index contributed by atoms with van der Waals surface area (Å²) in [6.07, 6.45) is 0. The van der Waals surface area contributed by atoms with Crippen molar-refractivity contribution >= 4 is 51.9 Å². The van der Waals surface area contributed by atoms with E-state index in [0.717, 1.165) is 0 Å². The maximum absolute atomic E-state index is 9.06. The first kappa shape index (κ1) is 13.8. The lowest BCUT2D eigenvalue weighted by atomic mass is 10.1. The first-order chi connectivity index (χ1) is 9.01. The number of hydrogen-bond donors (Lipinski definition) is 2. The van der Waals surface area contributed by atoms with E-state index in [-0.39, 0.29) is 0 Å². The van der Waals surface area contributed by atoms with Gasteiger partial charge in [-0.1, -0.05) is 34.8 Å². The van der Waals surface area contributed by atoms with Crippen LogP contribution < -0.4 is 11.1 Å². The third kappa shape index (κ3) is 3.05. The summed E-state index contributed by atoms with van der Waals surface area (Å²) in [7, 11) is 0. The summed E-state index contributed by atoms with van der Waals surface area (Å²) in [6, 6.07) is 10.2. The van der Waals surface area contributed by atoms with Crippen molar-refractivity contribution in [1.82, 2.24) is 0 Å². The average molecular weight is 313 g/mol. The predicted molar refractivity (Wildman–Crippen MR) is 80.3 cm³/mol. The summed E-state index contributed by atoms with van der Waals surface area (Å²) < 4.78 is 0. The molecular formula is C13H8Cl3N3. The van der Waals surface area contributed by atoms with Crippen LogP contribution in [-0.4, -0.2) is 0 Å². The molecule has 0 aliphatic carbocycles. The van der Waals surface area contributed by atoms with E-state index in [9.17, 15) is 0 Å². The quantitative estimate of drug-likeness (QED) is 0.616. The lowest BCUT2D eigenvalue weighted by Gasteiger charge is -2.11. The van der Waals surface area contributed by atoms with Crippen molar-refractivity contribution in [2.24, 2.45) is 0 Å². The molecule has 0 saturated carbocycles. The van der Waals surface area contributed by atoms with Crippen LogP contribution in [0.3, 0.4) is 0 Å². The molecule has 0 spiro atoms. The van der Waals surface area contributed by atoms with Gasteiger partial charge in [-0.25, -0.2) is 0 Å². The van der Waals surface area contributed by atoms with Gasteiger partial charge in [-0.15, -0.1) is 0 Å². The Morgan fingerprint density at radius 1 is 0.947 bits per heavy atom. The van der Waals surface area contributed by atoms with E-state index in [4.69, 9.17) is 45.8 Å². The van der Waals surface area contributed by atoms with Gasteiger partial charge >= 0.3 is 0 Å². The Morgan fingerprint density at radius 2 is 1.63 bits per heavy atom. The van der Waals surface area contributed by atoms with E-state index in [0.29, 0.717) is 37.7 Å². The molecule has 0 atom stereocenters. The third-order valence-corrected chi connectivity index (χ3v) is 3.48. The minimum Gasteiger partial charge on any atom is -0.399 e. The monoisotopic (exact) mass is 311 g/mol. The number of hydrogen-bond acceptors (Lipinski definition) is 3. The van der Waals surface area contributed by atoms with Crippen molar-refractivity contribution in [3.8, 4) is 6.07 Å². The largest absolute Gasteiger partial charge is 0.399 e. The second-order valence-corrected chi connectivity index (χ2v) is 5.01. The molecule has 19 heavy (non-hydrogen) atoms. The fourth-order valence-corrected chi connectivity index (χ4v) is 2.12. The Hall–Kier alpha value is -1.60. The van der Waals surface area contributed by atoms with Gasteiger partial charge in [-0.2, -0.15) is 5.26 Å². The van der Waals surface area contributed by atoms with Crippen LogP contribution in [0.5, 0.6) is 0 Å². The summed E-state index contributed by atoms with van der Waals surface area (Å²) in [6.45, 7) is 0. The number of nitrogens with two attached hydrogens (primary N) is 1. The van der Waals surface area contributed by atoms with Crippen LogP contribution in [0.2, 0.25) is 15.1 Å². The number of rotatable bonds is 2. The second kappa shape index (κ2) is 5.58. The van der Waals surface area contributed by atoms with Gasteiger partial charge in [-0.3, -0.25) is 0 Å². The predicted octanol–water partition coefficient (Wildman–Crippen LogP) is 4.84. The lowest BCUT2D eigenvalue weighted by Crippen LogP contribution is -1.96. The Labute approximate surface area is 125 Å². The molecule has 2 rings (SSSR count). The first-order valence-electron chi connectivity index (χ1n) is 5.22. The van der Waals surface area contributed by atoms with Crippen LogP contribution >= 0.6 is 34.8 Å². The summed E-state index contributed by atoms with van der Waals surface area (Å²) in [5.74, 6) is 0. The summed E-state index contributed by atoms with van der Waals surface area (Å²) in [4.78, 5) is 0. The van der Waals surface area contributed by atoms with E-state index in [2.05, 4.69) is 11.4 Å². The highest BCUT2D eigenvalue weighted by Crippen LogP contribution is 2.34. The molecule has 6 heteroatoms. The molecule has 0 fully saturated rings. The molecule has 0 heterocycles. The van der Waals surface area contributed by atoms with Gasteiger partial charge in [0.1, 0.15) is 6.07 Å². The zero-order chi connectivity index (χ0) is 14.0. The highest BCUT2D eigenvalue weighted by atomic mass is 35.5. The number of anilines is 3. The first-order valence-corrected chi connectivity index (χ1v) is 6.36. The molecule has 3 N–H and O–H groups in total. The normalized spacial score (nSPS) is 10.0. The van der Waals surface area contributed by atoms with Crippen LogP contribution in [0.4, 0.5) is 17.1 Å². The molecule has 2 aromatic carbocycles. The van der Waals surface area contributed by atoms with Gasteiger partial charge in [0, 0.05) is 5.69 Å². The van der Waals surface area contributed by atoms with Gasteiger partial charge in [0.2, 0.25) is 0 Å². The fourth-order valence-electron chi connectivity index (χ4n) is 1.53. The van der Waals surface area contributed by atoms with Gasteiger partial charge in [0.05, 0.1) is 32.0 Å². The number of nitrogens with one attached hydrogen (secondary N) is 1. The smallest absolute Gasteiger partial charge is 0.101 e. The fraction of sp³-hybridized carbons (Fsp3) is 0. The molecule has 96 valence electrons. The molecular weight excluding hydrogens is 305 g/mol. The van der Waals surface area contributed by atoms with Crippen LogP contribution in [0.25, 0.3) is 0 Å². The molecule has 0 aliphatic rings. The van der Waals surface area contributed by atoms with Crippen molar-refractivity contribution < 1.29 is 0 Å². The van der Waals surface area contributed by atoms with E-state index in [1.807, 2.05) is 0 Å². The van der Waals surface area contributed by atoms with Crippen molar-refractivity contribution in [2.45, 2.75) is 0 Å². The molecule has 0 unspecified atom stereocenters. The van der Waals surface area contributed by atoms with Crippen LogP contribution in [0.1, 0.15) is 5.56 Å². The zero-order valence-electron chi connectivity index (χ0n) is 9.55. The number of halogens is 3. The van der Waals surface area contributed by atoms with Crippen LogP contribution in [0, 0.1) is 11.3 Å². The van der Waals surface area contributed by atoms with Gasteiger partial charge in [-0.05, 0) is 30.3 Å². The SMILES string of the molecule is N#Cc1cc(N)ccc1Nc1cc(Cl)c(Cl)cc1Cl. The van der Waals surface area contributed by atoms with Crippen molar-refractivity contribution in [1.29, 1.82) is 5.26 Å². The van der Waals surface area contributed by atoms with Crippen molar-refractivity contribution in [3.05, 3.63) is 51.0 Å². The van der Waals surface area contributed by atoms with Crippen LogP contribution in [-0.2, 0) is 0 Å². The Balaban J connectivity index is 2.42. The molecule has 0 aliphatic heterocycles. The second-order valence-electron chi connectivity index (χ2n) is 3.79. The molecule has 0 saturated heterocycles. The molecule has 2 aromatic rings. The average Bonchev–Trinajstić information content (AvgIpc) is 2.37. The zero-order valence-corrected chi connectivity index (χ0v) is 11.8. The van der Waals surface area contributed by atoms with Gasteiger partial charge < -0.3 is 11.1 Å². The standard InChI is InChI=1S/C13H8Cl3N3/c14-9-4-11(16)13(5-10(9)15)19-12-2-1-8(18)3-7(12)6-17/h1-5,19H,18H2. The lowest BCUT2D eigenvalue weighted by molar-refractivity contribution is 1.46. The third-order valence-electron chi connectivity index (χ3n) is 2.44. The Kier molecular flexibility index (Phi) is 4.06. The topological polar surface area (TPSA) is 61.8 Å². The Morgan fingerprint density at radius 3 is 2.32 bits per heavy atom.